The Morgan fingerprint density at radius 2 is 1.73 bits per heavy atom. The maximum absolute atomic E-state index is 12.4. The number of methoxy groups -OCH3 is 1. The molecule has 0 radical (unpaired) electrons. The third-order valence-electron chi connectivity index (χ3n) is 6.53. The van der Waals surface area contributed by atoms with E-state index in [1.807, 2.05) is 0 Å². The zero-order valence-electron chi connectivity index (χ0n) is 19.7. The number of esters is 1. The highest BCUT2D eigenvalue weighted by Gasteiger charge is 2.72. The van der Waals surface area contributed by atoms with Crippen molar-refractivity contribution in [1.29, 1.82) is 0 Å². The molecule has 0 amide bonds. The summed E-state index contributed by atoms with van der Waals surface area (Å²) in [6.07, 6.45) is 16.0. The van der Waals surface area contributed by atoms with Gasteiger partial charge in [0.05, 0.1) is 18.6 Å². The van der Waals surface area contributed by atoms with Gasteiger partial charge in [-0.05, 0) is 40.0 Å². The predicted octanol–water partition coefficient (Wildman–Crippen LogP) is 3.92. The molecule has 1 saturated carbocycles. The maximum Gasteiger partial charge on any atom is 0.331 e. The lowest BCUT2D eigenvalue weighted by molar-refractivity contribution is -0.166. The number of carboxylic acid groups (broad SMARTS) is 1. The standard InChI is InChI=1S/C26H34O7/c1-18(2)13-14-20-25(3,33-20)24-23(30-4)19(15-16-26(24)17-31-26)32-22(29)12-10-8-6-5-7-9-11-21(27)28/h5-13,19-20,23-24H,14-17H2,1-4H3,(H,27,28)/b7-5-,8-6-,11-9-,12-10-/t19-,20-,23-,24+,25+,26-/m1/s1. The highest BCUT2D eigenvalue weighted by molar-refractivity contribution is 5.82. The first kappa shape index (κ1) is 25.1. The molecule has 0 aromatic carbocycles. The second-order valence-corrected chi connectivity index (χ2v) is 9.18. The summed E-state index contributed by atoms with van der Waals surface area (Å²) < 4.78 is 23.8. The SMILES string of the molecule is CO[C@H]1[C@@H]([C@@]2(C)O[C@@H]2CC=C(C)C)[C@@]2(CC[C@H]1OC(=O)\C=C/C=C\C=C/C=C\C(=O)O)CO2. The third-order valence-corrected chi connectivity index (χ3v) is 6.53. The molecule has 33 heavy (non-hydrogen) atoms. The highest BCUT2D eigenvalue weighted by atomic mass is 16.6. The number of epoxide rings is 2. The van der Waals surface area contributed by atoms with E-state index in [0.29, 0.717) is 13.0 Å². The number of carboxylic acids is 1. The van der Waals surface area contributed by atoms with E-state index in [9.17, 15) is 9.59 Å². The van der Waals surface area contributed by atoms with Gasteiger partial charge in [0.2, 0.25) is 0 Å². The molecule has 2 saturated heterocycles. The maximum atomic E-state index is 12.4. The molecule has 0 aromatic heterocycles. The Bertz CT molecular complexity index is 873. The van der Waals surface area contributed by atoms with Crippen molar-refractivity contribution in [3.05, 3.63) is 60.3 Å². The van der Waals surface area contributed by atoms with E-state index >= 15 is 0 Å². The average molecular weight is 459 g/mol. The Kier molecular flexibility index (Phi) is 8.10. The van der Waals surface area contributed by atoms with E-state index in [2.05, 4.69) is 26.8 Å². The fourth-order valence-corrected chi connectivity index (χ4v) is 4.79. The van der Waals surface area contributed by atoms with E-state index in [-0.39, 0.29) is 35.4 Å². The zero-order chi connectivity index (χ0) is 24.1. The van der Waals surface area contributed by atoms with Crippen molar-refractivity contribution in [2.24, 2.45) is 5.92 Å². The lowest BCUT2D eigenvalue weighted by Gasteiger charge is -2.42. The monoisotopic (exact) mass is 458 g/mol. The molecule has 2 heterocycles. The molecule has 1 spiro atoms. The van der Waals surface area contributed by atoms with E-state index in [1.54, 1.807) is 37.5 Å². The molecule has 0 bridgehead atoms. The van der Waals surface area contributed by atoms with Crippen LogP contribution in [0.25, 0.3) is 0 Å². The Labute approximate surface area is 195 Å². The van der Waals surface area contributed by atoms with E-state index in [0.717, 1.165) is 18.9 Å². The molecule has 180 valence electrons. The smallest absolute Gasteiger partial charge is 0.331 e. The molecule has 3 rings (SSSR count). The molecule has 0 unspecified atom stereocenters. The molecular formula is C26H34O7. The summed E-state index contributed by atoms with van der Waals surface area (Å²) in [6, 6.07) is 0. The van der Waals surface area contributed by atoms with Crippen LogP contribution in [0.3, 0.4) is 0 Å². The van der Waals surface area contributed by atoms with Gasteiger partial charge >= 0.3 is 11.9 Å². The average Bonchev–Trinajstić information content (AvgIpc) is 3.67. The Balaban J connectivity index is 1.59. The van der Waals surface area contributed by atoms with Crippen LogP contribution in [0.1, 0.15) is 40.0 Å². The predicted molar refractivity (Wildman–Crippen MR) is 124 cm³/mol. The first-order valence-corrected chi connectivity index (χ1v) is 11.3. The second kappa shape index (κ2) is 10.6. The zero-order valence-corrected chi connectivity index (χ0v) is 19.7. The number of ether oxygens (including phenoxy) is 4. The van der Waals surface area contributed by atoms with Gasteiger partial charge in [-0.15, -0.1) is 0 Å². The highest BCUT2D eigenvalue weighted by Crippen LogP contribution is 2.59. The first-order valence-electron chi connectivity index (χ1n) is 11.3. The summed E-state index contributed by atoms with van der Waals surface area (Å²) >= 11 is 0. The first-order chi connectivity index (χ1) is 15.7. The minimum Gasteiger partial charge on any atom is -0.478 e. The van der Waals surface area contributed by atoms with Gasteiger partial charge in [0.15, 0.2) is 0 Å². The van der Waals surface area contributed by atoms with Gasteiger partial charge in [-0.25, -0.2) is 9.59 Å². The number of carbonyl (C=O) groups excluding carboxylic acids is 1. The number of hydrogen-bond acceptors (Lipinski definition) is 6. The van der Waals surface area contributed by atoms with Crippen LogP contribution in [0.4, 0.5) is 0 Å². The molecule has 7 nitrogen and oxygen atoms in total. The normalized spacial score (nSPS) is 35.6. The quantitative estimate of drug-likeness (QED) is 0.174. The van der Waals surface area contributed by atoms with Crippen molar-refractivity contribution in [3.8, 4) is 0 Å². The van der Waals surface area contributed by atoms with Gasteiger partial charge < -0.3 is 24.1 Å². The van der Waals surface area contributed by atoms with Crippen molar-refractivity contribution < 1.29 is 33.6 Å². The van der Waals surface area contributed by atoms with Gasteiger partial charge in [0, 0.05) is 19.3 Å². The topological polar surface area (TPSA) is 97.9 Å². The molecule has 0 aromatic rings. The molecule has 7 heteroatoms. The number of aliphatic carboxylic acids is 1. The number of hydrogen-bond donors (Lipinski definition) is 1. The Morgan fingerprint density at radius 3 is 2.30 bits per heavy atom. The van der Waals surface area contributed by atoms with Crippen LogP contribution >= 0.6 is 0 Å². The largest absolute Gasteiger partial charge is 0.478 e. The van der Waals surface area contributed by atoms with Crippen molar-refractivity contribution in [2.75, 3.05) is 13.7 Å². The molecule has 6 atom stereocenters. The van der Waals surface area contributed by atoms with Crippen molar-refractivity contribution in [2.45, 2.75) is 69.5 Å². The Hall–Kier alpha value is -2.48. The lowest BCUT2D eigenvalue weighted by Crippen LogP contribution is -2.55. The van der Waals surface area contributed by atoms with Crippen LogP contribution < -0.4 is 0 Å². The van der Waals surface area contributed by atoms with Gasteiger partial charge in [-0.1, -0.05) is 48.1 Å². The van der Waals surface area contributed by atoms with Gasteiger partial charge in [0.1, 0.15) is 23.4 Å². The summed E-state index contributed by atoms with van der Waals surface area (Å²) in [5.41, 5.74) is 0.642. The third kappa shape index (κ3) is 6.31. The molecule has 2 aliphatic heterocycles. The molecular weight excluding hydrogens is 424 g/mol. The van der Waals surface area contributed by atoms with Crippen LogP contribution in [0.15, 0.2) is 60.3 Å². The van der Waals surface area contributed by atoms with Crippen molar-refractivity contribution >= 4 is 11.9 Å². The number of rotatable bonds is 10. The summed E-state index contributed by atoms with van der Waals surface area (Å²) in [5, 5.41) is 8.51. The van der Waals surface area contributed by atoms with Gasteiger partial charge in [-0.2, -0.15) is 0 Å². The summed E-state index contributed by atoms with van der Waals surface area (Å²) in [7, 11) is 1.65. The van der Waals surface area contributed by atoms with Crippen LogP contribution in [-0.4, -0.2) is 60.3 Å². The second-order valence-electron chi connectivity index (χ2n) is 9.18. The lowest BCUT2D eigenvalue weighted by atomic mass is 9.68. The Morgan fingerprint density at radius 1 is 1.09 bits per heavy atom. The van der Waals surface area contributed by atoms with Crippen molar-refractivity contribution in [1.82, 2.24) is 0 Å². The molecule has 1 aliphatic carbocycles. The molecule has 3 fully saturated rings. The minimum absolute atomic E-state index is 0.00928. The van der Waals surface area contributed by atoms with Gasteiger partial charge in [-0.3, -0.25) is 0 Å². The van der Waals surface area contributed by atoms with E-state index in [4.69, 9.17) is 24.1 Å². The van der Waals surface area contributed by atoms with Crippen molar-refractivity contribution in [3.63, 3.8) is 0 Å². The minimum atomic E-state index is -1.00. The van der Waals surface area contributed by atoms with Crippen LogP contribution in [0.2, 0.25) is 0 Å². The number of allylic oxidation sites excluding steroid dienone is 7. The number of carbonyl (C=O) groups is 2. The van der Waals surface area contributed by atoms with E-state index < -0.39 is 11.9 Å². The van der Waals surface area contributed by atoms with Crippen LogP contribution in [0.5, 0.6) is 0 Å². The molecule has 1 N–H and O–H groups in total. The van der Waals surface area contributed by atoms with E-state index in [1.165, 1.54) is 17.7 Å². The fourth-order valence-electron chi connectivity index (χ4n) is 4.79. The summed E-state index contributed by atoms with van der Waals surface area (Å²) in [4.78, 5) is 22.8. The molecule has 3 aliphatic rings. The summed E-state index contributed by atoms with van der Waals surface area (Å²) in [5.74, 6) is -1.45. The van der Waals surface area contributed by atoms with Gasteiger partial charge in [0.25, 0.3) is 0 Å². The fraction of sp³-hybridized carbons (Fsp3) is 0.538. The summed E-state index contributed by atoms with van der Waals surface area (Å²) in [6.45, 7) is 6.96. The van der Waals surface area contributed by atoms with Crippen LogP contribution in [-0.2, 0) is 28.5 Å². The van der Waals surface area contributed by atoms with Crippen LogP contribution in [0, 0.1) is 5.92 Å².